The van der Waals surface area contributed by atoms with Gasteiger partial charge in [0.2, 0.25) is 0 Å². The fraction of sp³-hybridized carbons (Fsp3) is 0.923. The van der Waals surface area contributed by atoms with E-state index in [1.807, 2.05) is 0 Å². The van der Waals surface area contributed by atoms with E-state index in [2.05, 4.69) is 41.5 Å². The summed E-state index contributed by atoms with van der Waals surface area (Å²) in [5, 5.41) is 0. The van der Waals surface area contributed by atoms with Crippen molar-refractivity contribution in [2.45, 2.75) is 67.2 Å². The van der Waals surface area contributed by atoms with Gasteiger partial charge in [-0.1, -0.05) is 41.5 Å². The Balaban J connectivity index is 4.06. The highest BCUT2D eigenvalue weighted by molar-refractivity contribution is 5.78. The molecule has 0 N–H and O–H groups in total. The zero-order valence-electron chi connectivity index (χ0n) is 10.7. The van der Waals surface area contributed by atoms with Crippen LogP contribution in [0.15, 0.2) is 0 Å². The molecule has 0 radical (unpaired) electrons. The molecule has 0 aliphatic rings. The van der Waals surface area contributed by atoms with Gasteiger partial charge in [-0.05, 0) is 23.7 Å². The Bertz CT molecular complexity index is 184. The van der Waals surface area contributed by atoms with Crippen LogP contribution < -0.4 is 0 Å². The molecule has 1 nitrogen and oxygen atoms in total. The largest absolute Gasteiger partial charge is 0.300 e. The Kier molecular flexibility index (Phi) is 4.83. The summed E-state index contributed by atoms with van der Waals surface area (Å²) < 4.78 is 0. The third-order valence-electron chi connectivity index (χ3n) is 3.59. The summed E-state index contributed by atoms with van der Waals surface area (Å²) in [6.07, 6.45) is 3.49. The second-order valence-corrected chi connectivity index (χ2v) is 5.92. The van der Waals surface area contributed by atoms with Crippen LogP contribution in [0, 0.1) is 10.8 Å². The van der Waals surface area contributed by atoms with Crippen molar-refractivity contribution in [1.82, 2.24) is 0 Å². The Morgan fingerprint density at radius 1 is 1.00 bits per heavy atom. The van der Waals surface area contributed by atoms with Crippen LogP contribution in [0.3, 0.4) is 0 Å². The number of Topliss-reactive ketones (excluding diaryl/α,β-unsaturated/α-hetero) is 1. The number of hydrogen-bond donors (Lipinski definition) is 0. The van der Waals surface area contributed by atoms with E-state index < -0.39 is 0 Å². The van der Waals surface area contributed by atoms with E-state index in [9.17, 15) is 4.79 Å². The lowest BCUT2D eigenvalue weighted by atomic mass is 9.66. The fourth-order valence-electron chi connectivity index (χ4n) is 1.23. The lowest BCUT2D eigenvalue weighted by Crippen LogP contribution is -2.30. The monoisotopic (exact) mass is 198 g/mol. The van der Waals surface area contributed by atoms with Crippen molar-refractivity contribution in [2.75, 3.05) is 0 Å². The molecule has 0 heterocycles. The molecule has 0 amide bonds. The van der Waals surface area contributed by atoms with Crippen LogP contribution in [0.5, 0.6) is 0 Å². The molecular formula is C13H26O. The van der Waals surface area contributed by atoms with Gasteiger partial charge in [-0.2, -0.15) is 0 Å². The lowest BCUT2D eigenvalue weighted by Gasteiger charge is -2.39. The van der Waals surface area contributed by atoms with Crippen LogP contribution in [0.1, 0.15) is 67.2 Å². The van der Waals surface area contributed by atoms with Crippen molar-refractivity contribution in [3.63, 3.8) is 0 Å². The topological polar surface area (TPSA) is 17.1 Å². The molecule has 0 aliphatic carbocycles. The average Bonchev–Trinajstić information content (AvgIpc) is 1.99. The fourth-order valence-corrected chi connectivity index (χ4v) is 1.23. The van der Waals surface area contributed by atoms with E-state index in [1.165, 1.54) is 0 Å². The van der Waals surface area contributed by atoms with E-state index in [1.54, 1.807) is 0 Å². The predicted octanol–water partition coefficient (Wildman–Crippen LogP) is 4.21. The van der Waals surface area contributed by atoms with Gasteiger partial charge < -0.3 is 0 Å². The molecule has 0 aromatic carbocycles. The summed E-state index contributed by atoms with van der Waals surface area (Å²) in [5.41, 5.74) is 0.524. The van der Waals surface area contributed by atoms with Crippen LogP contribution >= 0.6 is 0 Å². The molecule has 1 heteroatoms. The van der Waals surface area contributed by atoms with Gasteiger partial charge in [0.1, 0.15) is 5.78 Å². The van der Waals surface area contributed by atoms with Gasteiger partial charge in [-0.25, -0.2) is 0 Å². The number of carbonyl (C=O) groups excluding carboxylic acids is 1. The van der Waals surface area contributed by atoms with Crippen molar-refractivity contribution in [3.8, 4) is 0 Å². The Labute approximate surface area is 89.3 Å². The van der Waals surface area contributed by atoms with Crippen LogP contribution in [0.25, 0.3) is 0 Å². The highest BCUT2D eigenvalue weighted by Gasteiger charge is 2.32. The van der Waals surface area contributed by atoms with E-state index in [-0.39, 0.29) is 10.8 Å². The van der Waals surface area contributed by atoms with Crippen molar-refractivity contribution >= 4 is 5.78 Å². The van der Waals surface area contributed by atoms with Crippen LogP contribution in [0.4, 0.5) is 0 Å². The number of hydrogen-bond acceptors (Lipinski definition) is 1. The highest BCUT2D eigenvalue weighted by atomic mass is 16.1. The first-order valence-electron chi connectivity index (χ1n) is 5.72. The SMILES string of the molecule is CCCC(=O)CCC(C)(C)C(C)(C)C. The average molecular weight is 198 g/mol. The summed E-state index contributed by atoms with van der Waals surface area (Å²) in [6.45, 7) is 13.3. The standard InChI is InChI=1S/C13H26O/c1-7-8-11(14)9-10-13(5,6)12(2,3)4/h7-10H2,1-6H3. The molecule has 0 rings (SSSR count). The molecule has 0 fully saturated rings. The zero-order chi connectivity index (χ0) is 11.4. The predicted molar refractivity (Wildman–Crippen MR) is 62.4 cm³/mol. The summed E-state index contributed by atoms with van der Waals surface area (Å²) in [7, 11) is 0. The first-order valence-corrected chi connectivity index (χ1v) is 5.72. The van der Waals surface area contributed by atoms with E-state index in [0.29, 0.717) is 5.78 Å². The van der Waals surface area contributed by atoms with E-state index >= 15 is 0 Å². The van der Waals surface area contributed by atoms with Crippen molar-refractivity contribution < 1.29 is 4.79 Å². The van der Waals surface area contributed by atoms with Crippen molar-refractivity contribution in [1.29, 1.82) is 0 Å². The van der Waals surface area contributed by atoms with Gasteiger partial charge in [-0.15, -0.1) is 0 Å². The Morgan fingerprint density at radius 3 is 1.86 bits per heavy atom. The van der Waals surface area contributed by atoms with Gasteiger partial charge >= 0.3 is 0 Å². The maximum Gasteiger partial charge on any atom is 0.132 e. The smallest absolute Gasteiger partial charge is 0.132 e. The first-order chi connectivity index (χ1) is 6.20. The van der Waals surface area contributed by atoms with Crippen LogP contribution in [-0.2, 0) is 4.79 Å². The molecule has 0 aromatic heterocycles. The van der Waals surface area contributed by atoms with E-state index in [0.717, 1.165) is 25.7 Å². The van der Waals surface area contributed by atoms with Crippen molar-refractivity contribution in [2.24, 2.45) is 10.8 Å². The maximum atomic E-state index is 11.4. The third-order valence-corrected chi connectivity index (χ3v) is 3.59. The molecule has 0 bridgehead atoms. The zero-order valence-corrected chi connectivity index (χ0v) is 10.7. The van der Waals surface area contributed by atoms with Gasteiger partial charge in [0.25, 0.3) is 0 Å². The third kappa shape index (κ3) is 4.26. The number of carbonyl (C=O) groups is 1. The number of ketones is 1. The molecule has 14 heavy (non-hydrogen) atoms. The summed E-state index contributed by atoms with van der Waals surface area (Å²) in [5.74, 6) is 0.421. The van der Waals surface area contributed by atoms with Gasteiger partial charge in [0.05, 0.1) is 0 Å². The molecule has 0 unspecified atom stereocenters. The minimum Gasteiger partial charge on any atom is -0.300 e. The second-order valence-electron chi connectivity index (χ2n) is 5.92. The molecule has 0 spiro atoms. The Hall–Kier alpha value is -0.330. The molecule has 84 valence electrons. The molecular weight excluding hydrogens is 172 g/mol. The van der Waals surface area contributed by atoms with Gasteiger partial charge in [0, 0.05) is 12.8 Å². The second kappa shape index (κ2) is 4.95. The normalized spacial score (nSPS) is 13.0. The van der Waals surface area contributed by atoms with Gasteiger partial charge in [-0.3, -0.25) is 4.79 Å². The number of rotatable bonds is 5. The molecule has 0 aliphatic heterocycles. The minimum absolute atomic E-state index is 0.246. The molecule has 0 saturated heterocycles. The first kappa shape index (κ1) is 13.7. The summed E-state index contributed by atoms with van der Waals surface area (Å²) in [4.78, 5) is 11.4. The van der Waals surface area contributed by atoms with Crippen LogP contribution in [0.2, 0.25) is 0 Å². The van der Waals surface area contributed by atoms with E-state index in [4.69, 9.17) is 0 Å². The lowest BCUT2D eigenvalue weighted by molar-refractivity contribution is -0.120. The molecule has 0 aromatic rings. The van der Waals surface area contributed by atoms with Crippen LogP contribution in [-0.4, -0.2) is 5.78 Å². The summed E-state index contributed by atoms with van der Waals surface area (Å²) in [6, 6.07) is 0. The maximum absolute atomic E-state index is 11.4. The quantitative estimate of drug-likeness (QED) is 0.647. The van der Waals surface area contributed by atoms with Gasteiger partial charge in [0.15, 0.2) is 0 Å². The molecule has 0 atom stereocenters. The minimum atomic E-state index is 0.246. The highest BCUT2D eigenvalue weighted by Crippen LogP contribution is 2.41. The van der Waals surface area contributed by atoms with Crippen molar-refractivity contribution in [3.05, 3.63) is 0 Å². The molecule has 0 saturated carbocycles. The summed E-state index contributed by atoms with van der Waals surface area (Å²) >= 11 is 0. The Morgan fingerprint density at radius 2 is 1.50 bits per heavy atom.